The van der Waals surface area contributed by atoms with Crippen LogP contribution in [0.5, 0.6) is 5.75 Å². The fraction of sp³-hybridized carbons (Fsp3) is 0.462. The molecule has 6 heteroatoms. The molecule has 2 atom stereocenters. The highest BCUT2D eigenvalue weighted by molar-refractivity contribution is 8.00. The number of nitrogens with two attached hydrogens (primary N) is 1. The van der Waals surface area contributed by atoms with E-state index in [-0.39, 0.29) is 22.2 Å². The molecule has 0 spiro atoms. The van der Waals surface area contributed by atoms with Crippen LogP contribution in [0.2, 0.25) is 0 Å². The van der Waals surface area contributed by atoms with Crippen molar-refractivity contribution in [3.05, 3.63) is 29.8 Å². The van der Waals surface area contributed by atoms with Crippen molar-refractivity contribution in [2.24, 2.45) is 5.73 Å². The predicted molar refractivity (Wildman–Crippen MR) is 72.4 cm³/mol. The van der Waals surface area contributed by atoms with Gasteiger partial charge >= 0.3 is 6.61 Å². The molecule has 106 valence electrons. The minimum absolute atomic E-state index is 0.0537. The second-order valence-corrected chi connectivity index (χ2v) is 5.57. The van der Waals surface area contributed by atoms with Crippen molar-refractivity contribution in [2.45, 2.75) is 37.4 Å². The number of hydrogen-bond acceptors (Lipinski definition) is 3. The van der Waals surface area contributed by atoms with E-state index in [4.69, 9.17) is 5.73 Å². The van der Waals surface area contributed by atoms with Crippen LogP contribution >= 0.6 is 11.8 Å². The fourth-order valence-corrected chi connectivity index (χ4v) is 2.74. The molecule has 1 rings (SSSR count). The van der Waals surface area contributed by atoms with Gasteiger partial charge in [0.15, 0.2) is 0 Å². The average molecular weight is 289 g/mol. The number of rotatable bonds is 7. The third-order valence-corrected chi connectivity index (χ3v) is 4.21. The Morgan fingerprint density at radius 1 is 1.37 bits per heavy atom. The topological polar surface area (TPSA) is 52.3 Å². The van der Waals surface area contributed by atoms with Gasteiger partial charge in [0.05, 0.1) is 5.25 Å². The van der Waals surface area contributed by atoms with E-state index >= 15 is 0 Å². The molecule has 3 nitrogen and oxygen atoms in total. The number of benzene rings is 1. The van der Waals surface area contributed by atoms with E-state index in [1.165, 1.54) is 23.9 Å². The smallest absolute Gasteiger partial charge is 0.387 e. The Hall–Kier alpha value is -1.30. The Bertz CT molecular complexity index is 412. The fourth-order valence-electron chi connectivity index (χ4n) is 1.61. The number of thioether (sulfide) groups is 1. The molecule has 1 amide bonds. The number of primary amides is 1. The second-order valence-electron chi connectivity index (χ2n) is 4.03. The summed E-state index contributed by atoms with van der Waals surface area (Å²) in [5.74, 6) is -0.213. The predicted octanol–water partition coefficient (Wildman–Crippen LogP) is 3.35. The minimum Gasteiger partial charge on any atom is -0.435 e. The minimum atomic E-state index is -2.82. The lowest BCUT2D eigenvalue weighted by molar-refractivity contribution is -0.117. The lowest BCUT2D eigenvalue weighted by atomic mass is 10.1. The van der Waals surface area contributed by atoms with Gasteiger partial charge in [0, 0.05) is 5.25 Å². The van der Waals surface area contributed by atoms with E-state index in [0.717, 1.165) is 5.56 Å². The van der Waals surface area contributed by atoms with E-state index in [0.29, 0.717) is 6.42 Å². The molecule has 0 aromatic heterocycles. The number of halogens is 2. The molecular formula is C13H17F2NO2S. The van der Waals surface area contributed by atoms with E-state index in [2.05, 4.69) is 4.74 Å². The van der Waals surface area contributed by atoms with Crippen LogP contribution < -0.4 is 10.5 Å². The SMILES string of the molecule is CC[C@H](S[C@H](C)c1ccc(OC(F)F)cc1)C(N)=O. The summed E-state index contributed by atoms with van der Waals surface area (Å²) >= 11 is 1.46. The molecule has 0 radical (unpaired) electrons. The van der Waals surface area contributed by atoms with Gasteiger partial charge in [-0.2, -0.15) is 8.78 Å². The first-order valence-electron chi connectivity index (χ1n) is 5.93. The van der Waals surface area contributed by atoms with Crippen molar-refractivity contribution in [3.8, 4) is 5.75 Å². The van der Waals surface area contributed by atoms with E-state index in [1.54, 1.807) is 12.1 Å². The molecule has 2 N–H and O–H groups in total. The molecule has 1 aromatic rings. The molecule has 19 heavy (non-hydrogen) atoms. The van der Waals surface area contributed by atoms with Gasteiger partial charge in [-0.05, 0) is 31.0 Å². The van der Waals surface area contributed by atoms with Crippen molar-refractivity contribution >= 4 is 17.7 Å². The first-order valence-corrected chi connectivity index (χ1v) is 6.87. The van der Waals surface area contributed by atoms with Crippen molar-refractivity contribution in [2.75, 3.05) is 0 Å². The standard InChI is InChI=1S/C13H17F2NO2S/c1-3-11(12(16)17)19-8(2)9-4-6-10(7-5-9)18-13(14)15/h4-8,11,13H,3H2,1-2H3,(H2,16,17)/t8-,11+/m1/s1. The Morgan fingerprint density at radius 3 is 2.37 bits per heavy atom. The zero-order valence-electron chi connectivity index (χ0n) is 10.8. The maximum Gasteiger partial charge on any atom is 0.387 e. The average Bonchev–Trinajstić information content (AvgIpc) is 2.35. The Labute approximate surface area is 115 Å². The molecule has 0 aliphatic rings. The van der Waals surface area contributed by atoms with Crippen molar-refractivity contribution in [1.82, 2.24) is 0 Å². The third-order valence-electron chi connectivity index (χ3n) is 2.63. The summed E-state index contributed by atoms with van der Waals surface area (Å²) in [5, 5.41) is -0.190. The zero-order chi connectivity index (χ0) is 14.4. The van der Waals surface area contributed by atoms with Gasteiger partial charge in [-0.25, -0.2) is 0 Å². The van der Waals surface area contributed by atoms with Gasteiger partial charge in [0.1, 0.15) is 5.75 Å². The van der Waals surface area contributed by atoms with Crippen LogP contribution in [0.3, 0.4) is 0 Å². The molecule has 0 saturated carbocycles. The lowest BCUT2D eigenvalue weighted by Gasteiger charge is -2.17. The largest absolute Gasteiger partial charge is 0.435 e. The zero-order valence-corrected chi connectivity index (χ0v) is 11.6. The van der Waals surface area contributed by atoms with Crippen LogP contribution in [0, 0.1) is 0 Å². The number of alkyl halides is 2. The molecule has 0 saturated heterocycles. The van der Waals surface area contributed by atoms with E-state index in [1.807, 2.05) is 13.8 Å². The molecule has 0 aliphatic carbocycles. The summed E-state index contributed by atoms with van der Waals surface area (Å²) in [6.45, 7) is 1.02. The Balaban J connectivity index is 2.67. The highest BCUT2D eigenvalue weighted by atomic mass is 32.2. The van der Waals surface area contributed by atoms with Crippen LogP contribution in [-0.4, -0.2) is 17.8 Å². The number of ether oxygens (including phenoxy) is 1. The molecular weight excluding hydrogens is 272 g/mol. The normalized spacial score (nSPS) is 14.2. The third kappa shape index (κ3) is 5.06. The lowest BCUT2D eigenvalue weighted by Crippen LogP contribution is -2.25. The van der Waals surface area contributed by atoms with Gasteiger partial charge < -0.3 is 10.5 Å². The number of amides is 1. The molecule has 1 aromatic carbocycles. The van der Waals surface area contributed by atoms with Crippen molar-refractivity contribution in [1.29, 1.82) is 0 Å². The number of carbonyl (C=O) groups excluding carboxylic acids is 1. The molecule has 0 unspecified atom stereocenters. The summed E-state index contributed by atoms with van der Waals surface area (Å²) < 4.78 is 28.3. The van der Waals surface area contributed by atoms with Crippen LogP contribution in [-0.2, 0) is 4.79 Å². The van der Waals surface area contributed by atoms with Crippen LogP contribution in [0.15, 0.2) is 24.3 Å². The molecule has 0 heterocycles. The summed E-state index contributed by atoms with van der Waals surface area (Å²) in [7, 11) is 0. The first-order chi connectivity index (χ1) is 8.93. The maximum absolute atomic E-state index is 12.0. The van der Waals surface area contributed by atoms with Crippen LogP contribution in [0.4, 0.5) is 8.78 Å². The summed E-state index contributed by atoms with van der Waals surface area (Å²) in [6, 6.07) is 6.40. The summed E-state index contributed by atoms with van der Waals surface area (Å²) in [5.41, 5.74) is 6.23. The maximum atomic E-state index is 12.0. The monoisotopic (exact) mass is 289 g/mol. The van der Waals surface area contributed by atoms with Gasteiger partial charge in [-0.1, -0.05) is 19.1 Å². The van der Waals surface area contributed by atoms with Crippen LogP contribution in [0.1, 0.15) is 31.1 Å². The van der Waals surface area contributed by atoms with Crippen molar-refractivity contribution < 1.29 is 18.3 Å². The quantitative estimate of drug-likeness (QED) is 0.837. The molecule has 0 bridgehead atoms. The summed E-state index contributed by atoms with van der Waals surface area (Å²) in [6.07, 6.45) is 0.664. The highest BCUT2D eigenvalue weighted by Gasteiger charge is 2.18. The van der Waals surface area contributed by atoms with Gasteiger partial charge in [-0.3, -0.25) is 4.79 Å². The number of carbonyl (C=O) groups is 1. The Morgan fingerprint density at radius 2 is 1.95 bits per heavy atom. The van der Waals surface area contributed by atoms with Gasteiger partial charge in [-0.15, -0.1) is 11.8 Å². The van der Waals surface area contributed by atoms with E-state index < -0.39 is 6.61 Å². The first kappa shape index (κ1) is 15.8. The highest BCUT2D eigenvalue weighted by Crippen LogP contribution is 2.33. The summed E-state index contributed by atoms with van der Waals surface area (Å²) in [4.78, 5) is 11.2. The van der Waals surface area contributed by atoms with Gasteiger partial charge in [0.2, 0.25) is 5.91 Å². The Kier molecular flexibility index (Phi) is 6.08. The van der Waals surface area contributed by atoms with Gasteiger partial charge in [0.25, 0.3) is 0 Å². The molecule has 0 fully saturated rings. The van der Waals surface area contributed by atoms with E-state index in [9.17, 15) is 13.6 Å². The second kappa shape index (κ2) is 7.33. The van der Waals surface area contributed by atoms with Crippen molar-refractivity contribution in [3.63, 3.8) is 0 Å². The number of hydrogen-bond donors (Lipinski definition) is 1. The molecule has 0 aliphatic heterocycles. The van der Waals surface area contributed by atoms with Crippen LogP contribution in [0.25, 0.3) is 0 Å².